The number of sulfone groups is 1. The molecule has 1 amide bonds. The van der Waals surface area contributed by atoms with Gasteiger partial charge in [0.15, 0.2) is 15.0 Å². The molecular formula is C20H20FN3O3S2. The molecule has 6 nitrogen and oxygen atoms in total. The molecule has 9 heteroatoms. The number of anilines is 2. The second kappa shape index (κ2) is 7.72. The fraction of sp³-hybridized carbons (Fsp3) is 0.300. The Morgan fingerprint density at radius 3 is 2.52 bits per heavy atom. The molecule has 0 aliphatic carbocycles. The molecular weight excluding hydrogens is 413 g/mol. The number of nitrogens with one attached hydrogen (secondary N) is 1. The van der Waals surface area contributed by atoms with Gasteiger partial charge in [0.2, 0.25) is 5.91 Å². The lowest BCUT2D eigenvalue weighted by atomic mass is 9.96. The third-order valence-electron chi connectivity index (χ3n) is 5.03. The Balaban J connectivity index is 1.36. The Labute approximate surface area is 172 Å². The quantitative estimate of drug-likeness (QED) is 0.679. The Bertz CT molecular complexity index is 1150. The summed E-state index contributed by atoms with van der Waals surface area (Å²) < 4.78 is 37.2. The van der Waals surface area contributed by atoms with E-state index < -0.39 is 9.84 Å². The fourth-order valence-corrected chi connectivity index (χ4v) is 5.06. The third kappa shape index (κ3) is 4.40. The highest BCUT2D eigenvalue weighted by Crippen LogP contribution is 2.32. The van der Waals surface area contributed by atoms with Crippen molar-refractivity contribution in [1.82, 2.24) is 4.98 Å². The van der Waals surface area contributed by atoms with Gasteiger partial charge in [0.05, 0.1) is 15.1 Å². The summed E-state index contributed by atoms with van der Waals surface area (Å²) >= 11 is 1.46. The van der Waals surface area contributed by atoms with Gasteiger partial charge >= 0.3 is 0 Å². The largest absolute Gasteiger partial charge is 0.348 e. The highest BCUT2D eigenvalue weighted by molar-refractivity contribution is 7.90. The number of piperidine rings is 1. The average molecular weight is 434 g/mol. The first-order chi connectivity index (χ1) is 13.8. The Morgan fingerprint density at radius 2 is 1.86 bits per heavy atom. The van der Waals surface area contributed by atoms with E-state index in [0.29, 0.717) is 31.6 Å². The molecule has 2 aromatic carbocycles. The first-order valence-corrected chi connectivity index (χ1v) is 11.9. The van der Waals surface area contributed by atoms with E-state index in [1.54, 1.807) is 18.2 Å². The smallest absolute Gasteiger partial charge is 0.227 e. The number of carbonyl (C=O) groups is 1. The molecule has 1 aromatic heterocycles. The first kappa shape index (κ1) is 19.8. The number of fused-ring (bicyclic) bond motifs is 1. The van der Waals surface area contributed by atoms with Gasteiger partial charge in [-0.1, -0.05) is 11.3 Å². The van der Waals surface area contributed by atoms with Gasteiger partial charge in [0.1, 0.15) is 5.82 Å². The topological polar surface area (TPSA) is 79.4 Å². The number of aromatic nitrogens is 1. The number of carbonyl (C=O) groups excluding carboxylic acids is 1. The van der Waals surface area contributed by atoms with E-state index in [0.717, 1.165) is 21.6 Å². The van der Waals surface area contributed by atoms with E-state index in [2.05, 4.69) is 15.2 Å². The molecule has 3 aromatic rings. The summed E-state index contributed by atoms with van der Waals surface area (Å²) in [6.45, 7) is 1.40. The molecule has 2 heterocycles. The van der Waals surface area contributed by atoms with Crippen LogP contribution in [0.5, 0.6) is 0 Å². The minimum absolute atomic E-state index is 0.0665. The maximum Gasteiger partial charge on any atom is 0.227 e. The van der Waals surface area contributed by atoms with Gasteiger partial charge in [-0.2, -0.15) is 0 Å². The van der Waals surface area contributed by atoms with Crippen molar-refractivity contribution in [2.24, 2.45) is 5.92 Å². The van der Waals surface area contributed by atoms with Crippen LogP contribution in [0, 0.1) is 11.7 Å². The summed E-state index contributed by atoms with van der Waals surface area (Å²) in [5.41, 5.74) is 1.36. The predicted molar refractivity (Wildman–Crippen MR) is 113 cm³/mol. The maximum absolute atomic E-state index is 13.4. The van der Waals surface area contributed by atoms with Crippen LogP contribution in [0.3, 0.4) is 0 Å². The van der Waals surface area contributed by atoms with E-state index in [4.69, 9.17) is 0 Å². The number of amides is 1. The minimum Gasteiger partial charge on any atom is -0.348 e. The van der Waals surface area contributed by atoms with Crippen LogP contribution in [-0.2, 0) is 14.6 Å². The number of halogens is 1. The molecule has 0 atom stereocenters. The zero-order valence-electron chi connectivity index (χ0n) is 15.8. The van der Waals surface area contributed by atoms with Gasteiger partial charge in [-0.15, -0.1) is 0 Å². The van der Waals surface area contributed by atoms with Gasteiger partial charge in [-0.3, -0.25) is 4.79 Å². The standard InChI is InChI=1S/C20H20FN3O3S2/c1-29(26,27)16-5-3-15(4-6-16)22-19(25)13-8-10-24(11-9-13)20-23-17-7-2-14(21)12-18(17)28-20/h2-7,12-13H,8-11H2,1H3,(H,22,25). The number of nitrogens with zero attached hydrogens (tertiary/aromatic N) is 2. The average Bonchev–Trinajstić information content (AvgIpc) is 3.11. The van der Waals surface area contributed by atoms with Crippen molar-refractivity contribution in [3.8, 4) is 0 Å². The van der Waals surface area contributed by atoms with Crippen molar-refractivity contribution in [3.63, 3.8) is 0 Å². The lowest BCUT2D eigenvalue weighted by Gasteiger charge is -2.31. The summed E-state index contributed by atoms with van der Waals surface area (Å²) in [5, 5.41) is 3.71. The molecule has 1 aliphatic rings. The molecule has 0 spiro atoms. The van der Waals surface area contributed by atoms with E-state index >= 15 is 0 Å². The molecule has 1 saturated heterocycles. The van der Waals surface area contributed by atoms with E-state index in [1.807, 2.05) is 0 Å². The van der Waals surface area contributed by atoms with Crippen LogP contribution in [0.4, 0.5) is 15.2 Å². The molecule has 1 aliphatic heterocycles. The van der Waals surface area contributed by atoms with Crippen LogP contribution >= 0.6 is 11.3 Å². The second-order valence-electron chi connectivity index (χ2n) is 7.16. The van der Waals surface area contributed by atoms with Crippen LogP contribution in [-0.4, -0.2) is 38.7 Å². The molecule has 0 saturated carbocycles. The van der Waals surface area contributed by atoms with Crippen LogP contribution in [0.25, 0.3) is 10.2 Å². The lowest BCUT2D eigenvalue weighted by molar-refractivity contribution is -0.120. The predicted octanol–water partition coefficient (Wildman–Crippen LogP) is 3.69. The number of thiazole rings is 1. The van der Waals surface area contributed by atoms with Crippen molar-refractivity contribution in [2.45, 2.75) is 17.7 Å². The van der Waals surface area contributed by atoms with E-state index in [1.165, 1.54) is 35.6 Å². The molecule has 1 N–H and O–H groups in total. The summed E-state index contributed by atoms with van der Waals surface area (Å²) in [6, 6.07) is 10.8. The summed E-state index contributed by atoms with van der Waals surface area (Å²) in [7, 11) is -3.26. The van der Waals surface area contributed by atoms with Gasteiger partial charge in [-0.05, 0) is 55.3 Å². The van der Waals surface area contributed by atoms with Gasteiger partial charge < -0.3 is 10.2 Å². The van der Waals surface area contributed by atoms with Gasteiger partial charge in [-0.25, -0.2) is 17.8 Å². The van der Waals surface area contributed by atoms with Crippen molar-refractivity contribution >= 4 is 48.1 Å². The van der Waals surface area contributed by atoms with Crippen LogP contribution < -0.4 is 10.2 Å². The first-order valence-electron chi connectivity index (χ1n) is 9.21. The molecule has 152 valence electrons. The second-order valence-corrected chi connectivity index (χ2v) is 10.2. The van der Waals surface area contributed by atoms with Crippen molar-refractivity contribution < 1.29 is 17.6 Å². The van der Waals surface area contributed by atoms with Crippen molar-refractivity contribution in [1.29, 1.82) is 0 Å². The lowest BCUT2D eigenvalue weighted by Crippen LogP contribution is -2.38. The number of rotatable bonds is 4. The normalized spacial score (nSPS) is 15.6. The highest BCUT2D eigenvalue weighted by Gasteiger charge is 2.26. The zero-order chi connectivity index (χ0) is 20.6. The van der Waals surface area contributed by atoms with Crippen LogP contribution in [0.2, 0.25) is 0 Å². The van der Waals surface area contributed by atoms with E-state index in [9.17, 15) is 17.6 Å². The molecule has 0 bridgehead atoms. The molecule has 4 rings (SSSR count). The Kier molecular flexibility index (Phi) is 5.26. The molecule has 0 unspecified atom stereocenters. The molecule has 0 radical (unpaired) electrons. The fourth-order valence-electron chi connectivity index (χ4n) is 3.38. The maximum atomic E-state index is 13.4. The summed E-state index contributed by atoms with van der Waals surface area (Å²) in [5.74, 6) is -0.455. The number of hydrogen-bond acceptors (Lipinski definition) is 6. The Hall–Kier alpha value is -2.52. The SMILES string of the molecule is CS(=O)(=O)c1ccc(NC(=O)C2CCN(c3nc4ccc(F)cc4s3)CC2)cc1. The highest BCUT2D eigenvalue weighted by atomic mass is 32.2. The van der Waals surface area contributed by atoms with Crippen LogP contribution in [0.1, 0.15) is 12.8 Å². The molecule has 29 heavy (non-hydrogen) atoms. The monoisotopic (exact) mass is 433 g/mol. The summed E-state index contributed by atoms with van der Waals surface area (Å²) in [4.78, 5) is 19.5. The number of hydrogen-bond donors (Lipinski definition) is 1. The van der Waals surface area contributed by atoms with Crippen LogP contribution in [0.15, 0.2) is 47.4 Å². The Morgan fingerprint density at radius 1 is 1.17 bits per heavy atom. The van der Waals surface area contributed by atoms with E-state index in [-0.39, 0.29) is 22.5 Å². The summed E-state index contributed by atoms with van der Waals surface area (Å²) in [6.07, 6.45) is 2.53. The minimum atomic E-state index is -3.26. The number of benzene rings is 2. The molecule has 1 fully saturated rings. The van der Waals surface area contributed by atoms with Crippen molar-refractivity contribution in [2.75, 3.05) is 29.6 Å². The van der Waals surface area contributed by atoms with Gasteiger partial charge in [0, 0.05) is 31.0 Å². The van der Waals surface area contributed by atoms with Crippen molar-refractivity contribution in [3.05, 3.63) is 48.3 Å². The van der Waals surface area contributed by atoms with Gasteiger partial charge in [0.25, 0.3) is 0 Å². The zero-order valence-corrected chi connectivity index (χ0v) is 17.4. The third-order valence-corrected chi connectivity index (χ3v) is 7.23.